The first-order chi connectivity index (χ1) is 8.16. The minimum absolute atomic E-state index is 0.0614. The minimum atomic E-state index is -0.0614. The fourth-order valence-corrected chi connectivity index (χ4v) is 2.58. The van der Waals surface area contributed by atoms with E-state index in [1.165, 1.54) is 25.7 Å². The summed E-state index contributed by atoms with van der Waals surface area (Å²) in [6, 6.07) is 3.51. The number of hydrogen-bond acceptors (Lipinski definition) is 2. The van der Waals surface area contributed by atoms with E-state index in [0.717, 1.165) is 0 Å². The summed E-state index contributed by atoms with van der Waals surface area (Å²) in [6.07, 6.45) is 6.56. The molecule has 1 atom stereocenters. The number of carbonyl (C=O) groups excluding carboxylic acids is 1. The first-order valence-corrected chi connectivity index (χ1v) is 6.47. The van der Waals surface area contributed by atoms with Gasteiger partial charge in [0.1, 0.15) is 5.15 Å². The Morgan fingerprint density at radius 3 is 2.88 bits per heavy atom. The van der Waals surface area contributed by atoms with Crippen molar-refractivity contribution in [2.24, 2.45) is 5.92 Å². The Balaban J connectivity index is 1.96. The van der Waals surface area contributed by atoms with Crippen LogP contribution in [0.4, 0.5) is 0 Å². The number of aromatic nitrogens is 1. The molecule has 3 nitrogen and oxygen atoms in total. The van der Waals surface area contributed by atoms with E-state index in [-0.39, 0.29) is 11.9 Å². The predicted molar refractivity (Wildman–Crippen MR) is 68.1 cm³/mol. The molecule has 0 aromatic carbocycles. The summed E-state index contributed by atoms with van der Waals surface area (Å²) < 4.78 is 0. The molecule has 1 aromatic rings. The number of rotatable bonds is 3. The fraction of sp³-hybridized carbons (Fsp3) is 0.538. The Bertz CT molecular complexity index is 402. The van der Waals surface area contributed by atoms with Gasteiger partial charge in [-0.05, 0) is 37.8 Å². The van der Waals surface area contributed by atoms with Crippen molar-refractivity contribution in [3.05, 3.63) is 29.0 Å². The molecule has 92 valence electrons. The maximum absolute atomic E-state index is 12.0. The van der Waals surface area contributed by atoms with Crippen LogP contribution in [-0.2, 0) is 0 Å². The number of nitrogens with zero attached hydrogens (tertiary/aromatic N) is 1. The molecule has 1 fully saturated rings. The number of halogens is 1. The lowest BCUT2D eigenvalue weighted by atomic mass is 9.99. The van der Waals surface area contributed by atoms with Crippen LogP contribution in [0.25, 0.3) is 0 Å². The van der Waals surface area contributed by atoms with Crippen LogP contribution in [0.1, 0.15) is 43.0 Å². The molecule has 1 amide bonds. The maximum Gasteiger partial charge on any atom is 0.251 e. The number of carbonyl (C=O) groups is 1. The van der Waals surface area contributed by atoms with Gasteiger partial charge in [-0.1, -0.05) is 24.4 Å². The third kappa shape index (κ3) is 3.19. The monoisotopic (exact) mass is 252 g/mol. The summed E-state index contributed by atoms with van der Waals surface area (Å²) in [7, 11) is 0. The van der Waals surface area contributed by atoms with Crippen LogP contribution < -0.4 is 5.32 Å². The van der Waals surface area contributed by atoms with Gasteiger partial charge >= 0.3 is 0 Å². The Labute approximate surface area is 107 Å². The maximum atomic E-state index is 12.0. The molecule has 0 saturated heterocycles. The van der Waals surface area contributed by atoms with Gasteiger partial charge in [-0.15, -0.1) is 0 Å². The molecule has 0 aliphatic heterocycles. The second-order valence-electron chi connectivity index (χ2n) is 4.67. The van der Waals surface area contributed by atoms with E-state index in [4.69, 9.17) is 11.6 Å². The lowest BCUT2D eigenvalue weighted by molar-refractivity contribution is 0.0927. The molecule has 1 aliphatic carbocycles. The molecule has 1 aliphatic rings. The summed E-state index contributed by atoms with van der Waals surface area (Å²) in [6.45, 7) is 2.08. The Morgan fingerprint density at radius 2 is 2.24 bits per heavy atom. The predicted octanol–water partition coefficient (Wildman–Crippen LogP) is 3.04. The normalized spacial score (nSPS) is 18.0. The third-order valence-electron chi connectivity index (χ3n) is 3.45. The van der Waals surface area contributed by atoms with Crippen LogP contribution in [0, 0.1) is 5.92 Å². The highest BCUT2D eigenvalue weighted by Crippen LogP contribution is 2.27. The molecule has 1 heterocycles. The number of hydrogen-bond donors (Lipinski definition) is 1. The second kappa shape index (κ2) is 5.50. The molecular formula is C13H17ClN2O. The molecule has 1 N–H and O–H groups in total. The van der Waals surface area contributed by atoms with Crippen LogP contribution in [-0.4, -0.2) is 16.9 Å². The first kappa shape index (κ1) is 12.4. The third-order valence-corrected chi connectivity index (χ3v) is 3.66. The molecule has 1 aromatic heterocycles. The lowest BCUT2D eigenvalue weighted by Gasteiger charge is -2.20. The van der Waals surface area contributed by atoms with Gasteiger partial charge in [0.15, 0.2) is 0 Å². The van der Waals surface area contributed by atoms with E-state index in [0.29, 0.717) is 16.6 Å². The van der Waals surface area contributed by atoms with Crippen molar-refractivity contribution in [2.75, 3.05) is 0 Å². The quantitative estimate of drug-likeness (QED) is 0.841. The van der Waals surface area contributed by atoms with E-state index in [1.54, 1.807) is 18.3 Å². The summed E-state index contributed by atoms with van der Waals surface area (Å²) >= 11 is 5.76. The largest absolute Gasteiger partial charge is 0.349 e. The summed E-state index contributed by atoms with van der Waals surface area (Å²) in [5, 5.41) is 3.39. The first-order valence-electron chi connectivity index (χ1n) is 6.09. The van der Waals surface area contributed by atoms with Gasteiger partial charge in [0, 0.05) is 17.8 Å². The smallest absolute Gasteiger partial charge is 0.251 e. The molecule has 0 bridgehead atoms. The Kier molecular flexibility index (Phi) is 4.00. The Morgan fingerprint density at radius 1 is 1.53 bits per heavy atom. The summed E-state index contributed by atoms with van der Waals surface area (Å²) in [4.78, 5) is 15.8. The number of nitrogens with one attached hydrogen (secondary N) is 1. The van der Waals surface area contributed by atoms with Gasteiger partial charge in [-0.2, -0.15) is 0 Å². The van der Waals surface area contributed by atoms with E-state index in [9.17, 15) is 4.79 Å². The number of amides is 1. The highest BCUT2D eigenvalue weighted by molar-refractivity contribution is 6.29. The van der Waals surface area contributed by atoms with Gasteiger partial charge in [-0.3, -0.25) is 4.79 Å². The van der Waals surface area contributed by atoms with Gasteiger partial charge in [0.2, 0.25) is 0 Å². The SMILES string of the molecule is CC(NC(=O)c1ccnc(Cl)c1)C1CCCC1. The van der Waals surface area contributed by atoms with Crippen molar-refractivity contribution in [2.45, 2.75) is 38.6 Å². The Hall–Kier alpha value is -1.09. The van der Waals surface area contributed by atoms with E-state index < -0.39 is 0 Å². The summed E-state index contributed by atoms with van der Waals surface area (Å²) in [5.74, 6) is 0.560. The second-order valence-corrected chi connectivity index (χ2v) is 5.06. The van der Waals surface area contributed by atoms with Crippen molar-refractivity contribution in [1.82, 2.24) is 10.3 Å². The van der Waals surface area contributed by atoms with Crippen LogP contribution in [0.3, 0.4) is 0 Å². The van der Waals surface area contributed by atoms with E-state index in [2.05, 4.69) is 17.2 Å². The highest BCUT2D eigenvalue weighted by Gasteiger charge is 2.23. The van der Waals surface area contributed by atoms with Crippen molar-refractivity contribution in [1.29, 1.82) is 0 Å². The zero-order valence-electron chi connectivity index (χ0n) is 9.95. The van der Waals surface area contributed by atoms with Crippen LogP contribution in [0.5, 0.6) is 0 Å². The lowest BCUT2D eigenvalue weighted by Crippen LogP contribution is -2.37. The van der Waals surface area contributed by atoms with E-state index >= 15 is 0 Å². The number of pyridine rings is 1. The van der Waals surface area contributed by atoms with Gasteiger partial charge < -0.3 is 5.32 Å². The molecule has 17 heavy (non-hydrogen) atoms. The average molecular weight is 253 g/mol. The molecule has 1 unspecified atom stereocenters. The minimum Gasteiger partial charge on any atom is -0.349 e. The zero-order valence-corrected chi connectivity index (χ0v) is 10.7. The molecule has 1 saturated carbocycles. The van der Waals surface area contributed by atoms with Crippen molar-refractivity contribution >= 4 is 17.5 Å². The molecule has 0 spiro atoms. The zero-order chi connectivity index (χ0) is 12.3. The summed E-state index contributed by atoms with van der Waals surface area (Å²) in [5.41, 5.74) is 0.579. The van der Waals surface area contributed by atoms with Crippen molar-refractivity contribution in [3.8, 4) is 0 Å². The molecular weight excluding hydrogens is 236 g/mol. The van der Waals surface area contributed by atoms with Gasteiger partial charge in [0.05, 0.1) is 0 Å². The standard InChI is InChI=1S/C13H17ClN2O/c1-9(10-4-2-3-5-10)16-13(17)11-6-7-15-12(14)8-11/h6-10H,2-5H2,1H3,(H,16,17). The highest BCUT2D eigenvalue weighted by atomic mass is 35.5. The van der Waals surface area contributed by atoms with Gasteiger partial charge in [0.25, 0.3) is 5.91 Å². The molecule has 0 radical (unpaired) electrons. The molecule has 4 heteroatoms. The van der Waals surface area contributed by atoms with Gasteiger partial charge in [-0.25, -0.2) is 4.98 Å². The van der Waals surface area contributed by atoms with Crippen LogP contribution in [0.2, 0.25) is 5.15 Å². The van der Waals surface area contributed by atoms with E-state index in [1.807, 2.05) is 0 Å². The van der Waals surface area contributed by atoms with Crippen molar-refractivity contribution < 1.29 is 4.79 Å². The van der Waals surface area contributed by atoms with Crippen molar-refractivity contribution in [3.63, 3.8) is 0 Å². The van der Waals surface area contributed by atoms with Crippen LogP contribution >= 0.6 is 11.6 Å². The molecule has 2 rings (SSSR count). The topological polar surface area (TPSA) is 42.0 Å². The average Bonchev–Trinajstić information content (AvgIpc) is 2.82. The van der Waals surface area contributed by atoms with Crippen LogP contribution in [0.15, 0.2) is 18.3 Å². The fourth-order valence-electron chi connectivity index (χ4n) is 2.41.